The van der Waals surface area contributed by atoms with E-state index in [9.17, 15) is 4.39 Å². The Morgan fingerprint density at radius 1 is 1.42 bits per heavy atom. The third kappa shape index (κ3) is 1.03. The van der Waals surface area contributed by atoms with Gasteiger partial charge >= 0.3 is 0 Å². The van der Waals surface area contributed by atoms with E-state index in [1.54, 1.807) is 0 Å². The van der Waals surface area contributed by atoms with E-state index in [0.717, 1.165) is 12.0 Å². The van der Waals surface area contributed by atoms with Crippen molar-refractivity contribution in [1.82, 2.24) is 0 Å². The summed E-state index contributed by atoms with van der Waals surface area (Å²) in [6, 6.07) is 6.88. The molecular weight excluding hydrogens is 153 g/mol. The lowest BCUT2D eigenvalue weighted by molar-refractivity contribution is 0.624. The van der Waals surface area contributed by atoms with Crippen LogP contribution in [0.1, 0.15) is 18.9 Å². The van der Waals surface area contributed by atoms with Gasteiger partial charge < -0.3 is 5.73 Å². The highest BCUT2D eigenvalue weighted by atomic mass is 19.1. The summed E-state index contributed by atoms with van der Waals surface area (Å²) in [7, 11) is 0. The summed E-state index contributed by atoms with van der Waals surface area (Å²) in [6.07, 6.45) is 1.01. The number of rotatable bonds is 1. The predicted molar refractivity (Wildman–Crippen MR) is 46.3 cm³/mol. The standard InChI is InChI=1S/C10H12FN/c1-10(6-9(10)12)7-2-4-8(11)5-3-7/h2-5,9H,6,12H2,1H3/t9-,10?/m1/s1. The smallest absolute Gasteiger partial charge is 0.123 e. The molecule has 0 bridgehead atoms. The van der Waals surface area contributed by atoms with Crippen LogP contribution in [0.25, 0.3) is 0 Å². The quantitative estimate of drug-likeness (QED) is 0.674. The molecule has 1 aromatic rings. The first-order chi connectivity index (χ1) is 5.63. The molecule has 0 radical (unpaired) electrons. The van der Waals surface area contributed by atoms with Crippen molar-refractivity contribution in [3.63, 3.8) is 0 Å². The minimum absolute atomic E-state index is 0.105. The zero-order chi connectivity index (χ0) is 8.77. The van der Waals surface area contributed by atoms with E-state index in [0.29, 0.717) is 0 Å². The van der Waals surface area contributed by atoms with Crippen LogP contribution in [0, 0.1) is 5.82 Å². The summed E-state index contributed by atoms with van der Waals surface area (Å²) in [6.45, 7) is 2.12. The summed E-state index contributed by atoms with van der Waals surface area (Å²) in [5.41, 5.74) is 7.03. The number of hydrogen-bond acceptors (Lipinski definition) is 1. The fourth-order valence-corrected chi connectivity index (χ4v) is 1.56. The zero-order valence-corrected chi connectivity index (χ0v) is 7.05. The van der Waals surface area contributed by atoms with Gasteiger partial charge in [0.15, 0.2) is 0 Å². The lowest BCUT2D eigenvalue weighted by Crippen LogP contribution is -2.14. The van der Waals surface area contributed by atoms with Crippen molar-refractivity contribution in [2.45, 2.75) is 24.8 Å². The molecule has 12 heavy (non-hydrogen) atoms. The number of hydrogen-bond donors (Lipinski definition) is 1. The van der Waals surface area contributed by atoms with Gasteiger partial charge in [0.25, 0.3) is 0 Å². The van der Waals surface area contributed by atoms with Crippen molar-refractivity contribution in [2.24, 2.45) is 5.73 Å². The summed E-state index contributed by atoms with van der Waals surface area (Å²) >= 11 is 0. The third-order valence-electron chi connectivity index (χ3n) is 2.81. The first-order valence-electron chi connectivity index (χ1n) is 4.14. The van der Waals surface area contributed by atoms with Crippen LogP contribution < -0.4 is 5.73 Å². The van der Waals surface area contributed by atoms with Gasteiger partial charge in [-0.2, -0.15) is 0 Å². The van der Waals surface area contributed by atoms with Gasteiger partial charge in [0.1, 0.15) is 5.82 Å². The van der Waals surface area contributed by atoms with Gasteiger partial charge in [-0.05, 0) is 24.1 Å². The average molecular weight is 165 g/mol. The Labute approximate surface area is 71.4 Å². The van der Waals surface area contributed by atoms with Crippen LogP contribution in [0.5, 0.6) is 0 Å². The van der Waals surface area contributed by atoms with Gasteiger partial charge in [-0.25, -0.2) is 4.39 Å². The molecular formula is C10H12FN. The first kappa shape index (κ1) is 7.74. The predicted octanol–water partition coefficient (Wildman–Crippen LogP) is 1.81. The van der Waals surface area contributed by atoms with Crippen LogP contribution in [0.4, 0.5) is 4.39 Å². The van der Waals surface area contributed by atoms with Crippen LogP contribution in [0.2, 0.25) is 0 Å². The van der Waals surface area contributed by atoms with E-state index in [2.05, 4.69) is 6.92 Å². The lowest BCUT2D eigenvalue weighted by Gasteiger charge is -2.08. The number of nitrogens with two attached hydrogens (primary N) is 1. The maximum atomic E-state index is 12.6. The van der Waals surface area contributed by atoms with Crippen LogP contribution >= 0.6 is 0 Å². The molecule has 2 N–H and O–H groups in total. The van der Waals surface area contributed by atoms with Crippen LogP contribution in [0.15, 0.2) is 24.3 Å². The van der Waals surface area contributed by atoms with Crippen molar-refractivity contribution in [2.75, 3.05) is 0 Å². The van der Waals surface area contributed by atoms with Gasteiger partial charge in [0.2, 0.25) is 0 Å². The second-order valence-electron chi connectivity index (χ2n) is 3.73. The van der Waals surface area contributed by atoms with Crippen molar-refractivity contribution >= 4 is 0 Å². The second kappa shape index (κ2) is 2.30. The van der Waals surface area contributed by atoms with E-state index in [1.165, 1.54) is 12.1 Å². The maximum Gasteiger partial charge on any atom is 0.123 e. The van der Waals surface area contributed by atoms with Crippen molar-refractivity contribution < 1.29 is 4.39 Å². The molecule has 1 aliphatic carbocycles. The fraction of sp³-hybridized carbons (Fsp3) is 0.400. The summed E-state index contributed by atoms with van der Waals surface area (Å²) in [4.78, 5) is 0. The first-order valence-corrected chi connectivity index (χ1v) is 4.14. The topological polar surface area (TPSA) is 26.0 Å². The monoisotopic (exact) mass is 165 g/mol. The van der Waals surface area contributed by atoms with Gasteiger partial charge in [0.05, 0.1) is 0 Å². The Hall–Kier alpha value is -0.890. The SMILES string of the molecule is CC1(c2ccc(F)cc2)C[C@H]1N. The molecule has 1 saturated carbocycles. The molecule has 0 heterocycles. The Morgan fingerprint density at radius 2 is 1.92 bits per heavy atom. The Balaban J connectivity index is 2.31. The Bertz CT molecular complexity index is 293. The van der Waals surface area contributed by atoms with Gasteiger partial charge in [-0.3, -0.25) is 0 Å². The highest BCUT2D eigenvalue weighted by molar-refractivity contribution is 5.34. The van der Waals surface area contributed by atoms with Gasteiger partial charge in [-0.15, -0.1) is 0 Å². The Kier molecular flexibility index (Phi) is 1.48. The van der Waals surface area contributed by atoms with E-state index >= 15 is 0 Å². The Morgan fingerprint density at radius 3 is 2.33 bits per heavy atom. The third-order valence-corrected chi connectivity index (χ3v) is 2.81. The van der Waals surface area contributed by atoms with E-state index in [1.807, 2.05) is 12.1 Å². The molecule has 0 spiro atoms. The van der Waals surface area contributed by atoms with Crippen LogP contribution in [-0.4, -0.2) is 6.04 Å². The maximum absolute atomic E-state index is 12.6. The van der Waals surface area contributed by atoms with E-state index < -0.39 is 0 Å². The van der Waals surface area contributed by atoms with Crippen molar-refractivity contribution in [1.29, 1.82) is 0 Å². The average Bonchev–Trinajstić information content (AvgIpc) is 2.62. The molecule has 0 amide bonds. The molecule has 1 aliphatic rings. The summed E-state index contributed by atoms with van der Waals surface area (Å²) in [5.74, 6) is -0.184. The van der Waals surface area contributed by atoms with Crippen molar-refractivity contribution in [3.8, 4) is 0 Å². The normalized spacial score (nSPS) is 33.4. The minimum atomic E-state index is -0.184. The molecule has 0 saturated heterocycles. The number of halogens is 1. The van der Waals surface area contributed by atoms with Crippen LogP contribution in [0.3, 0.4) is 0 Å². The molecule has 0 aromatic heterocycles. The molecule has 0 aliphatic heterocycles. The molecule has 1 aromatic carbocycles. The fourth-order valence-electron chi connectivity index (χ4n) is 1.56. The molecule has 1 unspecified atom stereocenters. The summed E-state index contributed by atoms with van der Waals surface area (Å²) in [5, 5.41) is 0. The lowest BCUT2D eigenvalue weighted by atomic mass is 9.98. The molecule has 2 rings (SSSR count). The zero-order valence-electron chi connectivity index (χ0n) is 7.05. The summed E-state index contributed by atoms with van der Waals surface area (Å²) < 4.78 is 12.6. The molecule has 2 heteroatoms. The van der Waals surface area contributed by atoms with E-state index in [-0.39, 0.29) is 17.3 Å². The van der Waals surface area contributed by atoms with Crippen molar-refractivity contribution in [3.05, 3.63) is 35.6 Å². The van der Waals surface area contributed by atoms with Crippen LogP contribution in [-0.2, 0) is 5.41 Å². The highest BCUT2D eigenvalue weighted by Gasteiger charge is 2.48. The molecule has 64 valence electrons. The second-order valence-corrected chi connectivity index (χ2v) is 3.73. The highest BCUT2D eigenvalue weighted by Crippen LogP contribution is 2.46. The van der Waals surface area contributed by atoms with Gasteiger partial charge in [-0.1, -0.05) is 19.1 Å². The number of benzene rings is 1. The largest absolute Gasteiger partial charge is 0.327 e. The molecule has 2 atom stereocenters. The molecule has 1 fully saturated rings. The minimum Gasteiger partial charge on any atom is -0.327 e. The van der Waals surface area contributed by atoms with Gasteiger partial charge in [0, 0.05) is 11.5 Å². The van der Waals surface area contributed by atoms with E-state index in [4.69, 9.17) is 5.73 Å². The molecule has 1 nitrogen and oxygen atoms in total.